The number of aryl methyl sites for hydroxylation is 1. The second-order valence-corrected chi connectivity index (χ2v) is 8.05. The van der Waals surface area contributed by atoms with Gasteiger partial charge in [0, 0.05) is 51.4 Å². The number of carbonyl (C=O) groups excluding carboxylic acids is 1. The Morgan fingerprint density at radius 1 is 1.17 bits per heavy atom. The smallest absolute Gasteiger partial charge is 0.254 e. The molecule has 3 aliphatic heterocycles. The highest BCUT2D eigenvalue weighted by molar-refractivity contribution is 5.96. The predicted molar refractivity (Wildman–Crippen MR) is 111 cm³/mol. The molecule has 0 spiro atoms. The lowest BCUT2D eigenvalue weighted by Crippen LogP contribution is -2.48. The van der Waals surface area contributed by atoms with E-state index in [2.05, 4.69) is 50.2 Å². The van der Waals surface area contributed by atoms with Gasteiger partial charge in [-0.05, 0) is 37.0 Å². The van der Waals surface area contributed by atoms with Crippen LogP contribution in [0.1, 0.15) is 46.6 Å². The number of nitrogens with one attached hydrogen (secondary N) is 1. The molecule has 1 aromatic heterocycles. The summed E-state index contributed by atoms with van der Waals surface area (Å²) in [5, 5.41) is 2.84. The molecule has 5 rings (SSSR count). The molecule has 0 aliphatic carbocycles. The number of amides is 1. The van der Waals surface area contributed by atoms with Crippen molar-refractivity contribution in [2.45, 2.75) is 32.2 Å². The standard InChI is InChI=1S/C22H27N5O2/c1-15(17-5-4-16-3-2-12-29-20(16)13-17)26-8-10-27(11-9-26)22-24-14-18-19(25-22)6-7-23-21(18)28/h4-5,13-15H,2-3,6-12H2,1H3,(H,23,28). The van der Waals surface area contributed by atoms with E-state index in [0.717, 1.165) is 69.4 Å². The van der Waals surface area contributed by atoms with E-state index in [9.17, 15) is 4.79 Å². The third-order valence-electron chi connectivity index (χ3n) is 6.31. The van der Waals surface area contributed by atoms with Gasteiger partial charge in [-0.1, -0.05) is 12.1 Å². The lowest BCUT2D eigenvalue weighted by Gasteiger charge is -2.38. The van der Waals surface area contributed by atoms with Gasteiger partial charge >= 0.3 is 0 Å². The normalized spacial score (nSPS) is 20.3. The van der Waals surface area contributed by atoms with Crippen LogP contribution in [0.4, 0.5) is 5.95 Å². The number of rotatable bonds is 3. The molecule has 1 aromatic carbocycles. The fourth-order valence-electron chi connectivity index (χ4n) is 4.47. The number of aromatic nitrogens is 2. The topological polar surface area (TPSA) is 70.6 Å². The lowest BCUT2D eigenvalue weighted by molar-refractivity contribution is 0.0944. The fraction of sp³-hybridized carbons (Fsp3) is 0.500. The Morgan fingerprint density at radius 2 is 2.03 bits per heavy atom. The Hall–Kier alpha value is -2.67. The fourth-order valence-corrected chi connectivity index (χ4v) is 4.47. The molecule has 1 atom stereocenters. The molecule has 7 nitrogen and oxygen atoms in total. The van der Waals surface area contributed by atoms with Crippen LogP contribution in [0.25, 0.3) is 0 Å². The minimum atomic E-state index is -0.0644. The van der Waals surface area contributed by atoms with Gasteiger partial charge < -0.3 is 15.0 Å². The van der Waals surface area contributed by atoms with Crippen LogP contribution < -0.4 is 15.0 Å². The van der Waals surface area contributed by atoms with Crippen molar-refractivity contribution in [3.05, 3.63) is 46.8 Å². The van der Waals surface area contributed by atoms with Gasteiger partial charge in [-0.15, -0.1) is 0 Å². The molecule has 1 saturated heterocycles. The van der Waals surface area contributed by atoms with Gasteiger partial charge in [0.1, 0.15) is 5.75 Å². The summed E-state index contributed by atoms with van der Waals surface area (Å²) in [5.74, 6) is 1.74. The first-order valence-corrected chi connectivity index (χ1v) is 10.6. The summed E-state index contributed by atoms with van der Waals surface area (Å²) in [5.41, 5.74) is 4.12. The number of fused-ring (bicyclic) bond motifs is 2. The summed E-state index contributed by atoms with van der Waals surface area (Å²) in [6.45, 7) is 7.44. The summed E-state index contributed by atoms with van der Waals surface area (Å²) in [7, 11) is 0. The van der Waals surface area contributed by atoms with Crippen LogP contribution in [0.15, 0.2) is 24.4 Å². The number of nitrogens with zero attached hydrogens (tertiary/aromatic N) is 4. The molecule has 1 N–H and O–H groups in total. The summed E-state index contributed by atoms with van der Waals surface area (Å²) in [6.07, 6.45) is 4.67. The highest BCUT2D eigenvalue weighted by atomic mass is 16.5. The molecule has 0 radical (unpaired) electrons. The quantitative estimate of drug-likeness (QED) is 0.860. The third-order valence-corrected chi connectivity index (χ3v) is 6.31. The second-order valence-electron chi connectivity index (χ2n) is 8.05. The number of ether oxygens (including phenoxy) is 1. The third kappa shape index (κ3) is 3.55. The van der Waals surface area contributed by atoms with E-state index in [-0.39, 0.29) is 5.91 Å². The zero-order valence-corrected chi connectivity index (χ0v) is 16.9. The van der Waals surface area contributed by atoms with E-state index in [1.807, 2.05) is 0 Å². The summed E-state index contributed by atoms with van der Waals surface area (Å²) >= 11 is 0. The zero-order chi connectivity index (χ0) is 19.8. The van der Waals surface area contributed by atoms with Crippen molar-refractivity contribution in [2.24, 2.45) is 0 Å². The van der Waals surface area contributed by atoms with Crippen molar-refractivity contribution in [1.29, 1.82) is 0 Å². The Bertz CT molecular complexity index is 923. The summed E-state index contributed by atoms with van der Waals surface area (Å²) in [6, 6.07) is 7.06. The average molecular weight is 393 g/mol. The Kier molecular flexibility index (Phi) is 4.83. The van der Waals surface area contributed by atoms with Crippen molar-refractivity contribution in [3.8, 4) is 5.75 Å². The Morgan fingerprint density at radius 3 is 2.90 bits per heavy atom. The van der Waals surface area contributed by atoms with Gasteiger partial charge in [0.2, 0.25) is 5.95 Å². The monoisotopic (exact) mass is 393 g/mol. The highest BCUT2D eigenvalue weighted by Crippen LogP contribution is 2.31. The van der Waals surface area contributed by atoms with E-state index >= 15 is 0 Å². The lowest BCUT2D eigenvalue weighted by atomic mass is 10.00. The van der Waals surface area contributed by atoms with Crippen LogP contribution in [0.2, 0.25) is 0 Å². The zero-order valence-electron chi connectivity index (χ0n) is 16.9. The van der Waals surface area contributed by atoms with Crippen LogP contribution in [-0.4, -0.2) is 60.1 Å². The van der Waals surface area contributed by atoms with E-state index in [4.69, 9.17) is 4.74 Å². The number of carbonyl (C=O) groups is 1. The molecule has 1 unspecified atom stereocenters. The van der Waals surface area contributed by atoms with Crippen molar-refractivity contribution in [1.82, 2.24) is 20.2 Å². The summed E-state index contributed by atoms with van der Waals surface area (Å²) < 4.78 is 5.86. The van der Waals surface area contributed by atoms with E-state index in [1.165, 1.54) is 11.1 Å². The SMILES string of the molecule is CC(c1ccc2c(c1)OCCC2)N1CCN(c2ncc3c(n2)CCNC3=O)CC1. The van der Waals surface area contributed by atoms with Gasteiger partial charge in [0.05, 0.1) is 17.9 Å². The van der Waals surface area contributed by atoms with E-state index < -0.39 is 0 Å². The highest BCUT2D eigenvalue weighted by Gasteiger charge is 2.26. The molecule has 1 amide bonds. The van der Waals surface area contributed by atoms with Gasteiger partial charge in [-0.25, -0.2) is 9.97 Å². The average Bonchev–Trinajstić information content (AvgIpc) is 2.78. The number of piperazine rings is 1. The maximum absolute atomic E-state index is 11.9. The molecule has 4 heterocycles. The molecular formula is C22H27N5O2. The minimum Gasteiger partial charge on any atom is -0.493 e. The van der Waals surface area contributed by atoms with Gasteiger partial charge in [-0.3, -0.25) is 9.69 Å². The van der Waals surface area contributed by atoms with Crippen LogP contribution >= 0.6 is 0 Å². The molecular weight excluding hydrogens is 366 g/mol. The Balaban J connectivity index is 1.25. The van der Waals surface area contributed by atoms with Crippen molar-refractivity contribution >= 4 is 11.9 Å². The Labute approximate surface area is 171 Å². The van der Waals surface area contributed by atoms with Crippen molar-refractivity contribution in [2.75, 3.05) is 44.2 Å². The second kappa shape index (κ2) is 7.63. The molecule has 0 bridgehead atoms. The maximum atomic E-state index is 11.9. The first kappa shape index (κ1) is 18.4. The molecule has 3 aliphatic rings. The number of hydrogen-bond acceptors (Lipinski definition) is 6. The maximum Gasteiger partial charge on any atom is 0.254 e. The first-order valence-electron chi connectivity index (χ1n) is 10.6. The molecule has 1 fully saturated rings. The van der Waals surface area contributed by atoms with Crippen LogP contribution in [0.5, 0.6) is 5.75 Å². The number of anilines is 1. The van der Waals surface area contributed by atoms with Crippen LogP contribution in [0.3, 0.4) is 0 Å². The summed E-state index contributed by atoms with van der Waals surface area (Å²) in [4.78, 5) is 25.8. The molecule has 0 saturated carbocycles. The first-order chi connectivity index (χ1) is 14.2. The van der Waals surface area contributed by atoms with Crippen molar-refractivity contribution in [3.63, 3.8) is 0 Å². The van der Waals surface area contributed by atoms with Crippen LogP contribution in [-0.2, 0) is 12.8 Å². The molecule has 152 valence electrons. The molecule has 7 heteroatoms. The van der Waals surface area contributed by atoms with Gasteiger partial charge in [0.15, 0.2) is 0 Å². The van der Waals surface area contributed by atoms with E-state index in [1.54, 1.807) is 6.20 Å². The largest absolute Gasteiger partial charge is 0.493 e. The van der Waals surface area contributed by atoms with E-state index in [0.29, 0.717) is 18.2 Å². The van der Waals surface area contributed by atoms with Gasteiger partial charge in [-0.2, -0.15) is 0 Å². The van der Waals surface area contributed by atoms with Crippen LogP contribution in [0, 0.1) is 0 Å². The minimum absolute atomic E-state index is 0.0644. The van der Waals surface area contributed by atoms with Gasteiger partial charge in [0.25, 0.3) is 5.91 Å². The molecule has 2 aromatic rings. The number of benzene rings is 1. The predicted octanol–water partition coefficient (Wildman–Crippen LogP) is 1.97. The van der Waals surface area contributed by atoms with Crippen molar-refractivity contribution < 1.29 is 9.53 Å². The molecule has 29 heavy (non-hydrogen) atoms. The number of hydrogen-bond donors (Lipinski definition) is 1.